The summed E-state index contributed by atoms with van der Waals surface area (Å²) in [4.78, 5) is 24.6. The Morgan fingerprint density at radius 2 is 1.71 bits per heavy atom. The Labute approximate surface area is 169 Å². The molecular formula is C19H21ClN2O5S. The molecule has 0 aliphatic carbocycles. The molecule has 0 unspecified atom stereocenters. The minimum atomic E-state index is -3.75. The zero-order valence-electron chi connectivity index (χ0n) is 15.9. The molecular weight excluding hydrogens is 404 g/mol. The average molecular weight is 425 g/mol. The summed E-state index contributed by atoms with van der Waals surface area (Å²) in [6.45, 7) is 3.33. The van der Waals surface area contributed by atoms with Crippen molar-refractivity contribution in [2.75, 3.05) is 19.4 Å². The molecule has 7 nitrogen and oxygen atoms in total. The van der Waals surface area contributed by atoms with Crippen LogP contribution < -0.4 is 5.32 Å². The second kappa shape index (κ2) is 8.72. The van der Waals surface area contributed by atoms with Crippen LogP contribution >= 0.6 is 11.6 Å². The van der Waals surface area contributed by atoms with Gasteiger partial charge >= 0.3 is 5.97 Å². The highest BCUT2D eigenvalue weighted by Crippen LogP contribution is 2.23. The Hall–Kier alpha value is -2.42. The number of ether oxygens (including phenoxy) is 1. The number of nitrogens with one attached hydrogen (secondary N) is 1. The number of nitrogens with zero attached hydrogens (tertiary/aromatic N) is 1. The molecule has 0 spiro atoms. The lowest BCUT2D eigenvalue weighted by Crippen LogP contribution is -2.30. The largest absolute Gasteiger partial charge is 0.449 e. The van der Waals surface area contributed by atoms with Crippen LogP contribution in [0.15, 0.2) is 47.4 Å². The molecule has 2 aromatic carbocycles. The number of aryl methyl sites for hydroxylation is 1. The van der Waals surface area contributed by atoms with Gasteiger partial charge in [-0.3, -0.25) is 4.79 Å². The molecule has 0 saturated heterocycles. The molecule has 1 N–H and O–H groups in total. The Balaban J connectivity index is 2.15. The summed E-state index contributed by atoms with van der Waals surface area (Å²) in [7, 11) is -1.00. The first-order valence-electron chi connectivity index (χ1n) is 8.33. The second-order valence-electron chi connectivity index (χ2n) is 6.33. The number of rotatable bonds is 6. The van der Waals surface area contributed by atoms with E-state index in [1.54, 1.807) is 12.1 Å². The van der Waals surface area contributed by atoms with Crippen LogP contribution in [-0.2, 0) is 19.6 Å². The standard InChI is InChI=1S/C19H21ClN2O5S/c1-12-5-7-14(8-6-12)21-18(23)13(2)27-19(24)16-11-15(9-10-17(16)20)28(25,26)22(3)4/h5-11,13H,1-4H3,(H,21,23)/t13-/m0/s1. The molecule has 1 atom stereocenters. The molecule has 0 aromatic heterocycles. The molecule has 0 bridgehead atoms. The zero-order chi connectivity index (χ0) is 21.1. The zero-order valence-corrected chi connectivity index (χ0v) is 17.5. The quantitative estimate of drug-likeness (QED) is 0.719. The molecule has 2 rings (SSSR count). The highest BCUT2D eigenvalue weighted by molar-refractivity contribution is 7.89. The van der Waals surface area contributed by atoms with E-state index >= 15 is 0 Å². The van der Waals surface area contributed by atoms with Crippen LogP contribution in [0, 0.1) is 6.92 Å². The van der Waals surface area contributed by atoms with Gasteiger partial charge in [0.2, 0.25) is 10.0 Å². The number of anilines is 1. The Morgan fingerprint density at radius 1 is 1.11 bits per heavy atom. The van der Waals surface area contributed by atoms with E-state index in [-0.39, 0.29) is 15.5 Å². The van der Waals surface area contributed by atoms with Crippen molar-refractivity contribution in [2.24, 2.45) is 0 Å². The molecule has 1 amide bonds. The third-order valence-electron chi connectivity index (χ3n) is 3.91. The average Bonchev–Trinajstić information content (AvgIpc) is 2.63. The normalized spacial score (nSPS) is 12.5. The number of halogens is 1. The first kappa shape index (κ1) is 21.9. The highest BCUT2D eigenvalue weighted by Gasteiger charge is 2.24. The van der Waals surface area contributed by atoms with Crippen LogP contribution in [0.4, 0.5) is 5.69 Å². The number of hydrogen-bond donors (Lipinski definition) is 1. The number of carbonyl (C=O) groups is 2. The summed E-state index contributed by atoms with van der Waals surface area (Å²) in [6.07, 6.45) is -1.11. The Morgan fingerprint density at radius 3 is 2.29 bits per heavy atom. The number of sulfonamides is 1. The molecule has 0 fully saturated rings. The van der Waals surface area contributed by atoms with E-state index in [1.165, 1.54) is 33.2 Å². The van der Waals surface area contributed by atoms with Gasteiger partial charge in [-0.15, -0.1) is 0 Å². The van der Waals surface area contributed by atoms with E-state index in [9.17, 15) is 18.0 Å². The van der Waals surface area contributed by atoms with Crippen LogP contribution in [0.25, 0.3) is 0 Å². The number of amides is 1. The van der Waals surface area contributed by atoms with Gasteiger partial charge in [-0.25, -0.2) is 17.5 Å². The van der Waals surface area contributed by atoms with E-state index in [2.05, 4.69) is 5.32 Å². The molecule has 0 heterocycles. The fraction of sp³-hybridized carbons (Fsp3) is 0.263. The van der Waals surface area contributed by atoms with E-state index in [0.29, 0.717) is 5.69 Å². The number of benzene rings is 2. The van der Waals surface area contributed by atoms with Crippen molar-refractivity contribution in [3.63, 3.8) is 0 Å². The summed E-state index contributed by atoms with van der Waals surface area (Å²) < 4.78 is 30.7. The number of hydrogen-bond acceptors (Lipinski definition) is 5. The van der Waals surface area contributed by atoms with Gasteiger partial charge in [-0.2, -0.15) is 0 Å². The van der Waals surface area contributed by atoms with Crippen molar-refractivity contribution in [2.45, 2.75) is 24.8 Å². The summed E-state index contributed by atoms with van der Waals surface area (Å²) in [6, 6.07) is 10.9. The minimum absolute atomic E-state index is 0.0221. The maximum Gasteiger partial charge on any atom is 0.340 e. The van der Waals surface area contributed by atoms with E-state index in [4.69, 9.17) is 16.3 Å². The fourth-order valence-electron chi connectivity index (χ4n) is 2.19. The fourth-order valence-corrected chi connectivity index (χ4v) is 3.31. The van der Waals surface area contributed by atoms with Crippen molar-refractivity contribution in [1.29, 1.82) is 0 Å². The van der Waals surface area contributed by atoms with Crippen molar-refractivity contribution >= 4 is 39.2 Å². The lowest BCUT2D eigenvalue weighted by molar-refractivity contribution is -0.123. The van der Waals surface area contributed by atoms with Crippen LogP contribution in [0.5, 0.6) is 0 Å². The van der Waals surface area contributed by atoms with Gasteiger partial charge in [-0.1, -0.05) is 29.3 Å². The first-order chi connectivity index (χ1) is 13.0. The van der Waals surface area contributed by atoms with Crippen LogP contribution in [0.2, 0.25) is 5.02 Å². The van der Waals surface area contributed by atoms with E-state index in [1.807, 2.05) is 19.1 Å². The van der Waals surface area contributed by atoms with Crippen molar-refractivity contribution in [3.05, 3.63) is 58.6 Å². The van der Waals surface area contributed by atoms with E-state index < -0.39 is 28.0 Å². The van der Waals surface area contributed by atoms with Crippen molar-refractivity contribution in [1.82, 2.24) is 4.31 Å². The third-order valence-corrected chi connectivity index (χ3v) is 6.05. The van der Waals surface area contributed by atoms with Gasteiger partial charge in [0.1, 0.15) is 0 Å². The van der Waals surface area contributed by atoms with Gasteiger partial charge in [0.15, 0.2) is 6.10 Å². The maximum atomic E-state index is 12.4. The Kier molecular flexibility index (Phi) is 6.82. The number of carbonyl (C=O) groups excluding carboxylic acids is 2. The predicted molar refractivity (Wildman–Crippen MR) is 107 cm³/mol. The van der Waals surface area contributed by atoms with Crippen LogP contribution in [0.1, 0.15) is 22.8 Å². The Bertz CT molecular complexity index is 988. The van der Waals surface area contributed by atoms with Gasteiger partial charge in [-0.05, 0) is 44.2 Å². The van der Waals surface area contributed by atoms with Crippen LogP contribution in [0.3, 0.4) is 0 Å². The monoisotopic (exact) mass is 424 g/mol. The molecule has 28 heavy (non-hydrogen) atoms. The molecule has 9 heteroatoms. The lowest BCUT2D eigenvalue weighted by Gasteiger charge is -2.15. The van der Waals surface area contributed by atoms with Gasteiger partial charge in [0.05, 0.1) is 15.5 Å². The molecule has 2 aromatic rings. The minimum Gasteiger partial charge on any atom is -0.449 e. The molecule has 0 saturated carbocycles. The maximum absolute atomic E-state index is 12.4. The summed E-state index contributed by atoms with van der Waals surface area (Å²) in [5.41, 5.74) is 1.47. The van der Waals surface area contributed by atoms with Gasteiger partial charge in [0, 0.05) is 19.8 Å². The second-order valence-corrected chi connectivity index (χ2v) is 8.89. The smallest absolute Gasteiger partial charge is 0.340 e. The van der Waals surface area contributed by atoms with Gasteiger partial charge < -0.3 is 10.1 Å². The lowest BCUT2D eigenvalue weighted by atomic mass is 10.2. The predicted octanol–water partition coefficient (Wildman–Crippen LogP) is 3.08. The van der Waals surface area contributed by atoms with E-state index in [0.717, 1.165) is 15.9 Å². The molecule has 0 radical (unpaired) electrons. The molecule has 150 valence electrons. The summed E-state index contributed by atoms with van der Waals surface area (Å²) in [5.74, 6) is -1.42. The molecule has 0 aliphatic rings. The molecule has 0 aliphatic heterocycles. The van der Waals surface area contributed by atoms with Gasteiger partial charge in [0.25, 0.3) is 5.91 Å². The van der Waals surface area contributed by atoms with Crippen molar-refractivity contribution < 1.29 is 22.7 Å². The summed E-state index contributed by atoms with van der Waals surface area (Å²) >= 11 is 6.02. The summed E-state index contributed by atoms with van der Waals surface area (Å²) in [5, 5.41) is 2.66. The van der Waals surface area contributed by atoms with Crippen LogP contribution in [-0.4, -0.2) is 44.8 Å². The highest BCUT2D eigenvalue weighted by atomic mass is 35.5. The van der Waals surface area contributed by atoms with Crippen molar-refractivity contribution in [3.8, 4) is 0 Å². The first-order valence-corrected chi connectivity index (χ1v) is 10.1. The topological polar surface area (TPSA) is 92.8 Å². The third kappa shape index (κ3) is 5.09. The number of esters is 1. The SMILES string of the molecule is Cc1ccc(NC(=O)[C@H](C)OC(=O)c2cc(S(=O)(=O)N(C)C)ccc2Cl)cc1.